The Balaban J connectivity index is 1.65. The van der Waals surface area contributed by atoms with Crippen molar-refractivity contribution in [1.82, 2.24) is 9.38 Å². The number of nitrogens with zero attached hydrogens (tertiary/aromatic N) is 2. The average Bonchev–Trinajstić information content (AvgIpc) is 3.17. The largest absolute Gasteiger partial charge is 0.493 e. The highest BCUT2D eigenvalue weighted by Gasteiger charge is 2.15. The molecule has 0 aliphatic rings. The number of hydrogen-bond acceptors (Lipinski definition) is 5. The minimum Gasteiger partial charge on any atom is -0.493 e. The number of benzene rings is 2. The molecule has 3 N–H and O–H groups in total. The molecule has 0 saturated carbocycles. The Morgan fingerprint density at radius 3 is 2.52 bits per heavy atom. The molecule has 4 rings (SSSR count). The predicted molar refractivity (Wildman–Crippen MR) is 121 cm³/mol. The van der Waals surface area contributed by atoms with E-state index in [4.69, 9.17) is 20.2 Å². The third kappa shape index (κ3) is 4.16. The minimum absolute atomic E-state index is 0.424. The Morgan fingerprint density at radius 2 is 1.81 bits per heavy atom. The number of carbonyl (C=O) groups excluding carboxylic acids is 1. The molecule has 7 heteroatoms. The van der Waals surface area contributed by atoms with E-state index in [1.165, 1.54) is 0 Å². The number of methoxy groups -OCH3 is 2. The fourth-order valence-corrected chi connectivity index (χ4v) is 3.52. The Morgan fingerprint density at radius 1 is 1.03 bits per heavy atom. The van der Waals surface area contributed by atoms with Crippen LogP contribution in [0.4, 0.5) is 5.82 Å². The molecule has 2 heterocycles. The van der Waals surface area contributed by atoms with Gasteiger partial charge in [-0.25, -0.2) is 4.98 Å². The van der Waals surface area contributed by atoms with Crippen LogP contribution in [0.2, 0.25) is 0 Å². The maximum absolute atomic E-state index is 11.7. The molecule has 2 aromatic carbocycles. The SMILES string of the molecule is COc1ccc(CCNc2c(-c3ccccc3)nc3ccc(C(N)=O)cn23)cc1OC. The number of pyridine rings is 1. The standard InChI is InChI=1S/C24H24N4O3/c1-30-19-10-8-16(14-20(19)31-2)12-13-26-24-22(17-6-4-3-5-7-17)27-21-11-9-18(23(25)29)15-28(21)24/h3-11,14-15,26H,12-13H2,1-2H3,(H2,25,29). The van der Waals surface area contributed by atoms with Gasteiger partial charge >= 0.3 is 0 Å². The van der Waals surface area contributed by atoms with E-state index in [-0.39, 0.29) is 0 Å². The number of nitrogens with one attached hydrogen (secondary N) is 1. The first-order valence-corrected chi connectivity index (χ1v) is 9.93. The lowest BCUT2D eigenvalue weighted by molar-refractivity contribution is 0.1000. The van der Waals surface area contributed by atoms with Crippen LogP contribution in [0.15, 0.2) is 66.9 Å². The monoisotopic (exact) mass is 416 g/mol. The first-order chi connectivity index (χ1) is 15.1. The fourth-order valence-electron chi connectivity index (χ4n) is 3.52. The summed E-state index contributed by atoms with van der Waals surface area (Å²) in [6, 6.07) is 19.3. The zero-order valence-electron chi connectivity index (χ0n) is 17.5. The van der Waals surface area contributed by atoms with Crippen LogP contribution in [-0.4, -0.2) is 36.1 Å². The maximum Gasteiger partial charge on any atom is 0.250 e. The fraction of sp³-hybridized carbons (Fsp3) is 0.167. The lowest BCUT2D eigenvalue weighted by Gasteiger charge is -2.12. The van der Waals surface area contributed by atoms with E-state index in [0.29, 0.717) is 23.6 Å². The number of imidazole rings is 1. The second-order valence-electron chi connectivity index (χ2n) is 7.05. The van der Waals surface area contributed by atoms with Crippen LogP contribution >= 0.6 is 0 Å². The van der Waals surface area contributed by atoms with Crippen molar-refractivity contribution in [2.24, 2.45) is 5.73 Å². The van der Waals surface area contributed by atoms with E-state index in [1.54, 1.807) is 32.5 Å². The number of carbonyl (C=O) groups is 1. The number of nitrogens with two attached hydrogens (primary N) is 1. The van der Waals surface area contributed by atoms with Crippen molar-refractivity contribution in [2.45, 2.75) is 6.42 Å². The Kier molecular flexibility index (Phi) is 5.75. The summed E-state index contributed by atoms with van der Waals surface area (Å²) in [6.07, 6.45) is 2.48. The molecular weight excluding hydrogens is 392 g/mol. The average molecular weight is 416 g/mol. The third-order valence-electron chi connectivity index (χ3n) is 5.10. The molecule has 0 aliphatic heterocycles. The van der Waals surface area contributed by atoms with E-state index < -0.39 is 5.91 Å². The highest BCUT2D eigenvalue weighted by atomic mass is 16.5. The molecule has 7 nitrogen and oxygen atoms in total. The lowest BCUT2D eigenvalue weighted by Crippen LogP contribution is -2.12. The minimum atomic E-state index is -0.479. The van der Waals surface area contributed by atoms with Gasteiger partial charge in [0.1, 0.15) is 17.2 Å². The van der Waals surface area contributed by atoms with Gasteiger partial charge in [0.05, 0.1) is 19.8 Å². The van der Waals surface area contributed by atoms with E-state index in [1.807, 2.05) is 52.9 Å². The zero-order chi connectivity index (χ0) is 21.8. The van der Waals surface area contributed by atoms with E-state index in [0.717, 1.165) is 34.7 Å². The number of anilines is 1. The first-order valence-electron chi connectivity index (χ1n) is 9.93. The molecule has 0 atom stereocenters. The first kappa shape index (κ1) is 20.3. The number of primary amides is 1. The molecule has 31 heavy (non-hydrogen) atoms. The van der Waals surface area contributed by atoms with Gasteiger partial charge in [-0.1, -0.05) is 36.4 Å². The normalized spacial score (nSPS) is 10.8. The molecule has 0 unspecified atom stereocenters. The van der Waals surface area contributed by atoms with Gasteiger partial charge in [0.25, 0.3) is 0 Å². The molecule has 2 aromatic heterocycles. The zero-order valence-corrected chi connectivity index (χ0v) is 17.5. The summed E-state index contributed by atoms with van der Waals surface area (Å²) in [5, 5.41) is 3.49. The van der Waals surface area contributed by atoms with Crippen LogP contribution in [0.5, 0.6) is 11.5 Å². The molecule has 0 saturated heterocycles. The molecule has 0 radical (unpaired) electrons. The number of fused-ring (bicyclic) bond motifs is 1. The molecule has 4 aromatic rings. The third-order valence-corrected chi connectivity index (χ3v) is 5.10. The molecule has 1 amide bonds. The number of rotatable bonds is 8. The summed E-state index contributed by atoms with van der Waals surface area (Å²) in [7, 11) is 3.25. The molecule has 0 fully saturated rings. The molecular formula is C24H24N4O3. The van der Waals surface area contributed by atoms with Crippen molar-refractivity contribution in [3.63, 3.8) is 0 Å². The quantitative estimate of drug-likeness (QED) is 0.456. The summed E-state index contributed by atoms with van der Waals surface area (Å²) >= 11 is 0. The van der Waals surface area contributed by atoms with Crippen LogP contribution < -0.4 is 20.5 Å². The van der Waals surface area contributed by atoms with Crippen molar-refractivity contribution in [2.75, 3.05) is 26.1 Å². The van der Waals surface area contributed by atoms with Gasteiger partial charge in [-0.2, -0.15) is 0 Å². The van der Waals surface area contributed by atoms with Crippen LogP contribution in [0.1, 0.15) is 15.9 Å². The van der Waals surface area contributed by atoms with Crippen LogP contribution in [0.3, 0.4) is 0 Å². The Bertz CT molecular complexity index is 1220. The molecule has 0 bridgehead atoms. The van der Waals surface area contributed by atoms with Crippen LogP contribution in [0, 0.1) is 0 Å². The van der Waals surface area contributed by atoms with Gasteiger partial charge in [-0.15, -0.1) is 0 Å². The summed E-state index contributed by atoms with van der Waals surface area (Å²) in [5.74, 6) is 1.73. The summed E-state index contributed by atoms with van der Waals surface area (Å²) in [5.41, 5.74) is 9.55. The maximum atomic E-state index is 11.7. The second-order valence-corrected chi connectivity index (χ2v) is 7.05. The van der Waals surface area contributed by atoms with Gasteiger partial charge in [0, 0.05) is 18.3 Å². The van der Waals surface area contributed by atoms with Crippen LogP contribution in [0.25, 0.3) is 16.9 Å². The summed E-state index contributed by atoms with van der Waals surface area (Å²) < 4.78 is 12.6. The number of hydrogen-bond donors (Lipinski definition) is 2. The smallest absolute Gasteiger partial charge is 0.250 e. The van der Waals surface area contributed by atoms with Gasteiger partial charge in [0.15, 0.2) is 11.5 Å². The number of amides is 1. The van der Waals surface area contributed by atoms with Crippen molar-refractivity contribution >= 4 is 17.4 Å². The molecule has 0 spiro atoms. The number of ether oxygens (including phenoxy) is 2. The Hall–Kier alpha value is -4.00. The van der Waals surface area contributed by atoms with Crippen molar-refractivity contribution < 1.29 is 14.3 Å². The van der Waals surface area contributed by atoms with Gasteiger partial charge in [0.2, 0.25) is 5.91 Å². The summed E-state index contributed by atoms with van der Waals surface area (Å²) in [4.78, 5) is 16.5. The van der Waals surface area contributed by atoms with Gasteiger partial charge in [-0.3, -0.25) is 9.20 Å². The van der Waals surface area contributed by atoms with Crippen molar-refractivity contribution in [3.8, 4) is 22.8 Å². The Labute approximate surface area is 180 Å². The van der Waals surface area contributed by atoms with Crippen molar-refractivity contribution in [1.29, 1.82) is 0 Å². The van der Waals surface area contributed by atoms with Crippen molar-refractivity contribution in [3.05, 3.63) is 78.0 Å². The highest BCUT2D eigenvalue weighted by molar-refractivity contribution is 5.93. The lowest BCUT2D eigenvalue weighted by atomic mass is 10.1. The topological polar surface area (TPSA) is 90.9 Å². The van der Waals surface area contributed by atoms with Crippen LogP contribution in [-0.2, 0) is 6.42 Å². The molecule has 158 valence electrons. The summed E-state index contributed by atoms with van der Waals surface area (Å²) in [6.45, 7) is 0.657. The van der Waals surface area contributed by atoms with E-state index in [9.17, 15) is 4.79 Å². The second kappa shape index (κ2) is 8.79. The van der Waals surface area contributed by atoms with Gasteiger partial charge in [-0.05, 0) is 36.2 Å². The highest BCUT2D eigenvalue weighted by Crippen LogP contribution is 2.30. The predicted octanol–water partition coefficient (Wildman–Crippen LogP) is 3.77. The number of aromatic nitrogens is 2. The molecule has 0 aliphatic carbocycles. The van der Waals surface area contributed by atoms with E-state index >= 15 is 0 Å². The van der Waals surface area contributed by atoms with E-state index in [2.05, 4.69) is 5.32 Å². The van der Waals surface area contributed by atoms with Gasteiger partial charge < -0.3 is 20.5 Å².